The van der Waals surface area contributed by atoms with Crippen molar-refractivity contribution in [1.82, 2.24) is 9.78 Å². The maximum atomic E-state index is 5.84. The van der Waals surface area contributed by atoms with E-state index in [2.05, 4.69) is 18.9 Å². The molecule has 0 saturated carbocycles. The number of nitrogen functional groups attached to an aromatic ring is 1. The zero-order chi connectivity index (χ0) is 8.43. The molecule has 0 saturated heterocycles. The van der Waals surface area contributed by atoms with Crippen LogP contribution in [0.4, 0.5) is 5.69 Å². The van der Waals surface area contributed by atoms with E-state index in [-0.39, 0.29) is 0 Å². The van der Waals surface area contributed by atoms with Gasteiger partial charge < -0.3 is 5.73 Å². The van der Waals surface area contributed by atoms with Crippen molar-refractivity contribution in [3.05, 3.63) is 11.4 Å². The molecule has 0 spiro atoms. The van der Waals surface area contributed by atoms with Crippen LogP contribution in [0.3, 0.4) is 0 Å². The summed E-state index contributed by atoms with van der Waals surface area (Å²) in [7, 11) is 1.94. The normalized spacial score (nSPS) is 10.5. The van der Waals surface area contributed by atoms with Gasteiger partial charge in [0.2, 0.25) is 0 Å². The lowest BCUT2D eigenvalue weighted by Crippen LogP contribution is -1.98. The highest BCUT2D eigenvalue weighted by Gasteiger charge is 2.08. The number of nitrogens with two attached hydrogens (primary N) is 1. The van der Waals surface area contributed by atoms with Crippen LogP contribution < -0.4 is 5.73 Å². The molecule has 0 bridgehead atoms. The molecule has 1 heterocycles. The fourth-order valence-electron chi connectivity index (χ4n) is 1.32. The summed E-state index contributed by atoms with van der Waals surface area (Å²) in [6.45, 7) is 4.16. The minimum atomic E-state index is 0.873. The molecule has 3 nitrogen and oxygen atoms in total. The van der Waals surface area contributed by atoms with Gasteiger partial charge in [0.15, 0.2) is 0 Å². The first-order valence-electron chi connectivity index (χ1n) is 4.00. The lowest BCUT2D eigenvalue weighted by molar-refractivity contribution is 0.705. The van der Waals surface area contributed by atoms with Gasteiger partial charge in [-0.15, -0.1) is 0 Å². The highest BCUT2D eigenvalue weighted by molar-refractivity contribution is 5.48. The predicted octanol–water partition coefficient (Wildman–Crippen LogP) is 1.13. The Bertz CT molecular complexity index is 250. The van der Waals surface area contributed by atoms with Gasteiger partial charge in [0, 0.05) is 7.05 Å². The Hall–Kier alpha value is -0.990. The summed E-state index contributed by atoms with van der Waals surface area (Å²) in [4.78, 5) is 0. The molecule has 62 valence electrons. The van der Waals surface area contributed by atoms with E-state index < -0.39 is 0 Å². The first-order valence-corrected chi connectivity index (χ1v) is 4.00. The molecule has 0 aliphatic rings. The SMILES string of the molecule is CCc1nn(C)c(CC)c1N. The zero-order valence-corrected chi connectivity index (χ0v) is 7.39. The van der Waals surface area contributed by atoms with Gasteiger partial charge in [0.25, 0.3) is 0 Å². The maximum absolute atomic E-state index is 5.84. The summed E-state index contributed by atoms with van der Waals surface area (Å²) in [5.41, 5.74) is 8.87. The molecule has 0 fully saturated rings. The molecule has 1 aromatic heterocycles. The molecule has 0 amide bonds. The molecule has 0 aliphatic heterocycles. The lowest BCUT2D eigenvalue weighted by Gasteiger charge is -1.96. The number of nitrogens with zero attached hydrogens (tertiary/aromatic N) is 2. The van der Waals surface area contributed by atoms with Crippen LogP contribution >= 0.6 is 0 Å². The largest absolute Gasteiger partial charge is 0.396 e. The van der Waals surface area contributed by atoms with Gasteiger partial charge in [0.05, 0.1) is 17.1 Å². The molecule has 0 aromatic carbocycles. The van der Waals surface area contributed by atoms with Crippen LogP contribution in [0.1, 0.15) is 25.2 Å². The van der Waals surface area contributed by atoms with Crippen LogP contribution in [0.25, 0.3) is 0 Å². The predicted molar refractivity (Wildman–Crippen MR) is 46.4 cm³/mol. The van der Waals surface area contributed by atoms with Crippen LogP contribution in [-0.4, -0.2) is 9.78 Å². The number of anilines is 1. The minimum Gasteiger partial charge on any atom is -0.396 e. The molecule has 0 unspecified atom stereocenters. The molecule has 0 aliphatic carbocycles. The van der Waals surface area contributed by atoms with Crippen molar-refractivity contribution in [2.45, 2.75) is 26.7 Å². The number of aromatic nitrogens is 2. The quantitative estimate of drug-likeness (QED) is 0.692. The average Bonchev–Trinajstić information content (AvgIpc) is 2.26. The van der Waals surface area contributed by atoms with Crippen molar-refractivity contribution >= 4 is 5.69 Å². The zero-order valence-electron chi connectivity index (χ0n) is 7.39. The van der Waals surface area contributed by atoms with E-state index in [0.717, 1.165) is 29.9 Å². The third-order valence-electron chi connectivity index (χ3n) is 1.95. The molecular weight excluding hydrogens is 138 g/mol. The lowest BCUT2D eigenvalue weighted by atomic mass is 10.2. The van der Waals surface area contributed by atoms with Crippen LogP contribution in [0.15, 0.2) is 0 Å². The van der Waals surface area contributed by atoms with E-state index in [1.807, 2.05) is 11.7 Å². The Morgan fingerprint density at radius 1 is 1.36 bits per heavy atom. The third-order valence-corrected chi connectivity index (χ3v) is 1.95. The van der Waals surface area contributed by atoms with Gasteiger partial charge in [-0.1, -0.05) is 13.8 Å². The van der Waals surface area contributed by atoms with Crippen LogP contribution in [0, 0.1) is 0 Å². The molecular formula is C8H15N3. The number of hydrogen-bond donors (Lipinski definition) is 1. The van der Waals surface area contributed by atoms with Gasteiger partial charge in [-0.3, -0.25) is 4.68 Å². The average molecular weight is 153 g/mol. The van der Waals surface area contributed by atoms with Crippen molar-refractivity contribution in [3.63, 3.8) is 0 Å². The van der Waals surface area contributed by atoms with E-state index >= 15 is 0 Å². The summed E-state index contributed by atoms with van der Waals surface area (Å²) in [6.07, 6.45) is 1.87. The van der Waals surface area contributed by atoms with Crippen LogP contribution in [-0.2, 0) is 19.9 Å². The Morgan fingerprint density at radius 3 is 2.27 bits per heavy atom. The number of aryl methyl sites for hydroxylation is 2. The monoisotopic (exact) mass is 153 g/mol. The second-order valence-corrected chi connectivity index (χ2v) is 2.64. The van der Waals surface area contributed by atoms with E-state index in [1.54, 1.807) is 0 Å². The van der Waals surface area contributed by atoms with Crippen molar-refractivity contribution in [3.8, 4) is 0 Å². The molecule has 0 atom stereocenters. The summed E-state index contributed by atoms with van der Waals surface area (Å²) in [5.74, 6) is 0. The van der Waals surface area contributed by atoms with Crippen LogP contribution in [0.2, 0.25) is 0 Å². The van der Waals surface area contributed by atoms with Crippen LogP contribution in [0.5, 0.6) is 0 Å². The first kappa shape index (κ1) is 8.11. The van der Waals surface area contributed by atoms with Gasteiger partial charge >= 0.3 is 0 Å². The standard InChI is InChI=1S/C8H15N3/c1-4-6-8(9)7(5-2)11(3)10-6/h4-5,9H2,1-3H3. The fourth-order valence-corrected chi connectivity index (χ4v) is 1.32. The summed E-state index contributed by atoms with van der Waals surface area (Å²) >= 11 is 0. The second-order valence-electron chi connectivity index (χ2n) is 2.64. The summed E-state index contributed by atoms with van der Waals surface area (Å²) in [6, 6.07) is 0. The maximum Gasteiger partial charge on any atom is 0.0854 e. The molecule has 2 N–H and O–H groups in total. The Kier molecular flexibility index (Phi) is 2.17. The van der Waals surface area contributed by atoms with Gasteiger partial charge in [-0.25, -0.2) is 0 Å². The Balaban J connectivity index is 3.14. The Labute approximate surface area is 67.2 Å². The smallest absolute Gasteiger partial charge is 0.0854 e. The minimum absolute atomic E-state index is 0.873. The molecule has 0 radical (unpaired) electrons. The highest BCUT2D eigenvalue weighted by Crippen LogP contribution is 2.16. The van der Waals surface area contributed by atoms with Gasteiger partial charge in [0.1, 0.15) is 0 Å². The van der Waals surface area contributed by atoms with Crippen molar-refractivity contribution in [2.75, 3.05) is 5.73 Å². The first-order chi connectivity index (χ1) is 5.20. The molecule has 11 heavy (non-hydrogen) atoms. The molecule has 3 heteroatoms. The summed E-state index contributed by atoms with van der Waals surface area (Å²) in [5, 5.41) is 4.29. The van der Waals surface area contributed by atoms with Crippen molar-refractivity contribution in [2.24, 2.45) is 7.05 Å². The van der Waals surface area contributed by atoms with E-state index in [0.29, 0.717) is 0 Å². The van der Waals surface area contributed by atoms with E-state index in [4.69, 9.17) is 5.73 Å². The molecule has 1 aromatic rings. The number of rotatable bonds is 2. The topological polar surface area (TPSA) is 43.8 Å². The van der Waals surface area contributed by atoms with Crippen molar-refractivity contribution in [1.29, 1.82) is 0 Å². The summed E-state index contributed by atoms with van der Waals surface area (Å²) < 4.78 is 1.87. The van der Waals surface area contributed by atoms with Gasteiger partial charge in [-0.2, -0.15) is 5.10 Å². The highest BCUT2D eigenvalue weighted by atomic mass is 15.3. The van der Waals surface area contributed by atoms with Gasteiger partial charge in [-0.05, 0) is 12.8 Å². The third kappa shape index (κ3) is 1.23. The van der Waals surface area contributed by atoms with E-state index in [9.17, 15) is 0 Å². The number of hydrogen-bond acceptors (Lipinski definition) is 2. The van der Waals surface area contributed by atoms with E-state index in [1.165, 1.54) is 0 Å². The molecule has 1 rings (SSSR count). The van der Waals surface area contributed by atoms with Crippen molar-refractivity contribution < 1.29 is 0 Å². The fraction of sp³-hybridized carbons (Fsp3) is 0.625. The Morgan fingerprint density at radius 2 is 2.00 bits per heavy atom. The second kappa shape index (κ2) is 2.95.